The molecule has 30 heavy (non-hydrogen) atoms. The maximum Gasteiger partial charge on any atom is 0.328 e. The van der Waals surface area contributed by atoms with Crippen LogP contribution in [0.5, 0.6) is 0 Å². The minimum Gasteiger partial charge on any atom is -0.464 e. The first-order valence-electron chi connectivity index (χ1n) is 9.63. The molecule has 6 nitrogen and oxygen atoms in total. The number of ether oxygens (including phenoxy) is 1. The lowest BCUT2D eigenvalue weighted by Gasteiger charge is -2.21. The predicted molar refractivity (Wildman–Crippen MR) is 112 cm³/mol. The highest BCUT2D eigenvalue weighted by Crippen LogP contribution is 2.13. The molecule has 158 valence electrons. The van der Waals surface area contributed by atoms with Crippen molar-refractivity contribution < 1.29 is 23.5 Å². The molecule has 2 N–H and O–H groups in total. The largest absolute Gasteiger partial charge is 0.464 e. The quantitative estimate of drug-likeness (QED) is 0.515. The van der Waals surface area contributed by atoms with Crippen LogP contribution in [0, 0.1) is 11.7 Å². The minimum atomic E-state index is -0.921. The van der Waals surface area contributed by atoms with Crippen LogP contribution in [-0.4, -0.2) is 30.4 Å². The summed E-state index contributed by atoms with van der Waals surface area (Å²) < 4.78 is 19.1. The molecule has 1 unspecified atom stereocenters. The van der Waals surface area contributed by atoms with Crippen molar-refractivity contribution in [2.75, 3.05) is 6.61 Å². The van der Waals surface area contributed by atoms with Gasteiger partial charge in [-0.1, -0.05) is 50.2 Å². The van der Waals surface area contributed by atoms with Gasteiger partial charge in [-0.15, -0.1) is 0 Å². The average molecular weight is 412 g/mol. The molecular weight excluding hydrogens is 387 g/mol. The molecule has 0 radical (unpaired) electrons. The zero-order valence-corrected chi connectivity index (χ0v) is 17.1. The molecule has 0 aliphatic heterocycles. The van der Waals surface area contributed by atoms with Gasteiger partial charge in [0, 0.05) is 11.1 Å². The van der Waals surface area contributed by atoms with Gasteiger partial charge >= 0.3 is 5.97 Å². The summed E-state index contributed by atoms with van der Waals surface area (Å²) in [5, 5.41) is 5.09. The van der Waals surface area contributed by atoms with Crippen LogP contribution in [-0.2, 0) is 14.3 Å². The molecular formula is C23H25FN2O4. The summed E-state index contributed by atoms with van der Waals surface area (Å²) in [6.45, 7) is 5.34. The van der Waals surface area contributed by atoms with Crippen LogP contribution in [0.1, 0.15) is 36.7 Å². The normalized spacial score (nSPS) is 12.2. The second kappa shape index (κ2) is 10.9. The fraction of sp³-hybridized carbons (Fsp3) is 0.261. The van der Waals surface area contributed by atoms with Gasteiger partial charge in [-0.05, 0) is 37.1 Å². The summed E-state index contributed by atoms with van der Waals surface area (Å²) in [6, 6.07) is 13.2. The van der Waals surface area contributed by atoms with E-state index in [9.17, 15) is 18.8 Å². The highest BCUT2D eigenvalue weighted by molar-refractivity contribution is 6.06. The predicted octanol–water partition coefficient (Wildman–Crippen LogP) is 3.30. The van der Waals surface area contributed by atoms with Gasteiger partial charge in [-0.25, -0.2) is 9.18 Å². The number of esters is 1. The van der Waals surface area contributed by atoms with Crippen molar-refractivity contribution in [3.8, 4) is 0 Å². The van der Waals surface area contributed by atoms with E-state index in [-0.39, 0.29) is 23.8 Å². The van der Waals surface area contributed by atoms with Gasteiger partial charge in [0.2, 0.25) is 0 Å². The molecule has 0 aliphatic carbocycles. The molecule has 0 fully saturated rings. The van der Waals surface area contributed by atoms with Crippen LogP contribution in [0.4, 0.5) is 4.39 Å². The van der Waals surface area contributed by atoms with Crippen LogP contribution < -0.4 is 10.6 Å². The minimum absolute atomic E-state index is 0.119. The van der Waals surface area contributed by atoms with Gasteiger partial charge in [0.05, 0.1) is 6.61 Å². The topological polar surface area (TPSA) is 84.5 Å². The SMILES string of the molecule is CCOC(=O)C(NC(=O)C(=Cc1ccccc1F)NC(=O)c1ccccc1)C(C)C. The second-order valence-electron chi connectivity index (χ2n) is 6.85. The molecule has 0 spiro atoms. The number of carbonyl (C=O) groups excluding carboxylic acids is 3. The Morgan fingerprint density at radius 3 is 2.27 bits per heavy atom. The van der Waals surface area contributed by atoms with E-state index in [0.29, 0.717) is 5.56 Å². The summed E-state index contributed by atoms with van der Waals surface area (Å²) >= 11 is 0. The first-order chi connectivity index (χ1) is 14.3. The van der Waals surface area contributed by atoms with E-state index in [2.05, 4.69) is 10.6 Å². The molecule has 0 heterocycles. The number of hydrogen-bond donors (Lipinski definition) is 2. The van der Waals surface area contributed by atoms with Crippen LogP contribution in [0.25, 0.3) is 6.08 Å². The average Bonchev–Trinajstić information content (AvgIpc) is 2.73. The second-order valence-corrected chi connectivity index (χ2v) is 6.85. The molecule has 7 heteroatoms. The monoisotopic (exact) mass is 412 g/mol. The number of nitrogens with one attached hydrogen (secondary N) is 2. The standard InChI is InChI=1S/C23H25FN2O4/c1-4-30-23(29)20(15(2)3)26-22(28)19(14-17-12-8-9-13-18(17)24)25-21(27)16-10-6-5-7-11-16/h5-15,20H,4H2,1-3H3,(H,25,27)(H,26,28). The first kappa shape index (κ1) is 22.8. The summed E-state index contributed by atoms with van der Waals surface area (Å²) in [5.41, 5.74) is 0.257. The van der Waals surface area contributed by atoms with Crippen molar-refractivity contribution in [2.45, 2.75) is 26.8 Å². The number of hydrogen-bond acceptors (Lipinski definition) is 4. The highest BCUT2D eigenvalue weighted by atomic mass is 19.1. The van der Waals surface area contributed by atoms with E-state index in [1.165, 1.54) is 24.3 Å². The summed E-state index contributed by atoms with van der Waals surface area (Å²) in [5.74, 6) is -2.66. The third-order valence-electron chi connectivity index (χ3n) is 4.23. The van der Waals surface area contributed by atoms with Crippen molar-refractivity contribution in [1.82, 2.24) is 10.6 Å². The molecule has 0 aromatic heterocycles. The Labute approximate surface area is 175 Å². The molecule has 2 rings (SSSR count). The van der Waals surface area contributed by atoms with Crippen LogP contribution in [0.15, 0.2) is 60.3 Å². The molecule has 2 aromatic carbocycles. The van der Waals surface area contributed by atoms with E-state index in [0.717, 1.165) is 0 Å². The van der Waals surface area contributed by atoms with Crippen molar-refractivity contribution in [3.63, 3.8) is 0 Å². The Kier molecular flexibility index (Phi) is 8.29. The van der Waals surface area contributed by atoms with E-state index in [4.69, 9.17) is 4.74 Å². The lowest BCUT2D eigenvalue weighted by atomic mass is 10.0. The third kappa shape index (κ3) is 6.27. The lowest BCUT2D eigenvalue weighted by molar-refractivity contribution is -0.148. The van der Waals surface area contributed by atoms with E-state index < -0.39 is 29.6 Å². The van der Waals surface area contributed by atoms with Gasteiger partial charge in [0.25, 0.3) is 11.8 Å². The fourth-order valence-corrected chi connectivity index (χ4v) is 2.64. The Morgan fingerprint density at radius 1 is 1.03 bits per heavy atom. The van der Waals surface area contributed by atoms with Gasteiger partial charge < -0.3 is 15.4 Å². The van der Waals surface area contributed by atoms with Gasteiger partial charge in [0.15, 0.2) is 0 Å². The molecule has 1 atom stereocenters. The number of benzene rings is 2. The number of carbonyl (C=O) groups is 3. The van der Waals surface area contributed by atoms with Crippen molar-refractivity contribution >= 4 is 23.9 Å². The van der Waals surface area contributed by atoms with Crippen LogP contribution in [0.3, 0.4) is 0 Å². The first-order valence-corrected chi connectivity index (χ1v) is 9.63. The Bertz CT molecular complexity index is 926. The van der Waals surface area contributed by atoms with Crippen molar-refractivity contribution in [2.24, 2.45) is 5.92 Å². The zero-order valence-electron chi connectivity index (χ0n) is 17.1. The van der Waals surface area contributed by atoms with E-state index >= 15 is 0 Å². The fourth-order valence-electron chi connectivity index (χ4n) is 2.64. The maximum atomic E-state index is 14.1. The Balaban J connectivity index is 2.34. The maximum absolute atomic E-state index is 14.1. The smallest absolute Gasteiger partial charge is 0.328 e. The molecule has 0 saturated heterocycles. The van der Waals surface area contributed by atoms with E-state index in [1.54, 1.807) is 57.2 Å². The van der Waals surface area contributed by atoms with E-state index in [1.807, 2.05) is 0 Å². The summed E-state index contributed by atoms with van der Waals surface area (Å²) in [7, 11) is 0. The number of amides is 2. The van der Waals surface area contributed by atoms with Crippen LogP contribution >= 0.6 is 0 Å². The van der Waals surface area contributed by atoms with Gasteiger partial charge in [-0.2, -0.15) is 0 Å². The molecule has 0 saturated carbocycles. The third-order valence-corrected chi connectivity index (χ3v) is 4.23. The lowest BCUT2D eigenvalue weighted by Crippen LogP contribution is -2.47. The highest BCUT2D eigenvalue weighted by Gasteiger charge is 2.27. The number of rotatable bonds is 8. The molecule has 0 bridgehead atoms. The summed E-state index contributed by atoms with van der Waals surface area (Å²) in [4.78, 5) is 37.7. The van der Waals surface area contributed by atoms with Gasteiger partial charge in [-0.3, -0.25) is 9.59 Å². The molecule has 2 amide bonds. The van der Waals surface area contributed by atoms with Gasteiger partial charge in [0.1, 0.15) is 17.6 Å². The van der Waals surface area contributed by atoms with Crippen LogP contribution in [0.2, 0.25) is 0 Å². The molecule has 2 aromatic rings. The van der Waals surface area contributed by atoms with Crippen molar-refractivity contribution in [1.29, 1.82) is 0 Å². The Hall–Kier alpha value is -3.48. The Morgan fingerprint density at radius 2 is 1.67 bits per heavy atom. The molecule has 0 aliphatic rings. The zero-order chi connectivity index (χ0) is 22.1. The van der Waals surface area contributed by atoms with Crippen molar-refractivity contribution in [3.05, 3.63) is 77.2 Å². The number of halogens is 1. The summed E-state index contributed by atoms with van der Waals surface area (Å²) in [6.07, 6.45) is 1.23.